The van der Waals surface area contributed by atoms with Crippen molar-refractivity contribution in [3.8, 4) is 0 Å². The number of Topliss-reactive ketones (excluding diaryl/α,β-unsaturated/α-hetero) is 1. The molecule has 0 saturated heterocycles. The Labute approximate surface area is 253 Å². The van der Waals surface area contributed by atoms with Crippen LogP contribution in [-0.2, 0) is 18.8 Å². The summed E-state index contributed by atoms with van der Waals surface area (Å²) >= 11 is 1.57. The zero-order chi connectivity index (χ0) is 31.3. The highest BCUT2D eigenvalue weighted by Gasteiger charge is 2.46. The zero-order valence-electron chi connectivity index (χ0n) is 27.3. The van der Waals surface area contributed by atoms with Crippen molar-refractivity contribution in [2.75, 3.05) is 0 Å². The summed E-state index contributed by atoms with van der Waals surface area (Å²) in [5, 5.41) is 14.1. The molecule has 0 saturated carbocycles. The minimum Gasteiger partial charge on any atom is -0.457 e. The van der Waals surface area contributed by atoms with Crippen molar-refractivity contribution in [3.05, 3.63) is 45.5 Å². The number of ketones is 1. The molecule has 5 atom stereocenters. The molecule has 0 amide bonds. The van der Waals surface area contributed by atoms with E-state index in [1.54, 1.807) is 25.2 Å². The number of carbonyl (C=O) groups excluding carboxylic acids is 2. The van der Waals surface area contributed by atoms with Gasteiger partial charge in [-0.05, 0) is 62.9 Å². The Morgan fingerprint density at radius 2 is 1.85 bits per heavy atom. The van der Waals surface area contributed by atoms with Gasteiger partial charge in [-0.25, -0.2) is 4.98 Å². The van der Waals surface area contributed by atoms with Crippen LogP contribution in [-0.4, -0.2) is 48.5 Å². The second kappa shape index (κ2) is 14.1. The summed E-state index contributed by atoms with van der Waals surface area (Å²) in [6.45, 7) is 24.4. The fraction of sp³-hybridized carbons (Fsp3) is 0.667. The molecule has 230 valence electrons. The molecule has 0 aliphatic carbocycles. The van der Waals surface area contributed by atoms with E-state index in [1.165, 1.54) is 0 Å². The van der Waals surface area contributed by atoms with E-state index in [0.717, 1.165) is 28.3 Å². The van der Waals surface area contributed by atoms with E-state index in [2.05, 4.69) is 70.9 Å². The minimum absolute atomic E-state index is 0.0128. The Morgan fingerprint density at radius 1 is 1.22 bits per heavy atom. The maximum Gasteiger partial charge on any atom is 0.309 e. The van der Waals surface area contributed by atoms with Crippen LogP contribution in [0.1, 0.15) is 92.3 Å². The Morgan fingerprint density at radius 3 is 2.41 bits per heavy atom. The second-order valence-corrected chi connectivity index (χ2v) is 19.7. The van der Waals surface area contributed by atoms with Crippen molar-refractivity contribution in [2.24, 2.45) is 17.3 Å². The predicted octanol–water partition coefficient (Wildman–Crippen LogP) is 8.07. The van der Waals surface area contributed by atoms with Gasteiger partial charge in [-0.15, -0.1) is 11.3 Å². The molecular formula is C33H53NO5SSi. The molecular weight excluding hydrogens is 551 g/mol. The van der Waals surface area contributed by atoms with Crippen LogP contribution in [0.2, 0.25) is 18.1 Å². The number of allylic oxidation sites excluding steroid dienone is 2. The van der Waals surface area contributed by atoms with E-state index in [9.17, 15) is 14.7 Å². The number of rotatable bonds is 4. The highest BCUT2D eigenvalue weighted by molar-refractivity contribution is 7.09. The molecule has 6 nitrogen and oxygen atoms in total. The van der Waals surface area contributed by atoms with Gasteiger partial charge >= 0.3 is 5.97 Å². The van der Waals surface area contributed by atoms with Crippen LogP contribution < -0.4 is 0 Å². The number of hydrogen-bond donors (Lipinski definition) is 1. The van der Waals surface area contributed by atoms with Crippen molar-refractivity contribution in [1.82, 2.24) is 4.98 Å². The predicted molar refractivity (Wildman–Crippen MR) is 172 cm³/mol. The number of hydrogen-bond acceptors (Lipinski definition) is 7. The molecule has 0 aromatic carbocycles. The van der Waals surface area contributed by atoms with E-state index < -0.39 is 37.8 Å². The van der Waals surface area contributed by atoms with Crippen molar-refractivity contribution in [3.63, 3.8) is 0 Å². The largest absolute Gasteiger partial charge is 0.457 e. The molecule has 1 aliphatic rings. The van der Waals surface area contributed by atoms with Gasteiger partial charge in [0.2, 0.25) is 0 Å². The second-order valence-electron chi connectivity index (χ2n) is 13.9. The Bertz CT molecular complexity index is 1160. The number of thiazole rings is 1. The highest BCUT2D eigenvalue weighted by atomic mass is 32.1. The summed E-state index contributed by atoms with van der Waals surface area (Å²) in [6.07, 6.45) is 7.31. The third kappa shape index (κ3) is 9.57. The first kappa shape index (κ1) is 35.3. The summed E-state index contributed by atoms with van der Waals surface area (Å²) in [5.74, 6) is -1.13. The van der Waals surface area contributed by atoms with Gasteiger partial charge in [-0.2, -0.15) is 0 Å². The quantitative estimate of drug-likeness (QED) is 0.213. The SMILES string of the molecule is C/C1=C/C[C@@H](/C(C)=C/c2csc(C)n2)OC(=O)C[C@H](O)C(C)(C)C(=O)[C@H](C)C(O[Si](C)(C)C(C)(C)C)[C@@H](C)/C=C\C1. The van der Waals surface area contributed by atoms with Gasteiger partial charge in [0.25, 0.3) is 0 Å². The van der Waals surface area contributed by atoms with Crippen LogP contribution in [0.5, 0.6) is 0 Å². The van der Waals surface area contributed by atoms with Gasteiger partial charge in [0.1, 0.15) is 11.9 Å². The Kier molecular flexibility index (Phi) is 12.1. The average Bonchev–Trinajstić information content (AvgIpc) is 3.26. The van der Waals surface area contributed by atoms with E-state index >= 15 is 0 Å². The Balaban J connectivity index is 2.48. The number of aryl methyl sites for hydroxylation is 1. The van der Waals surface area contributed by atoms with E-state index in [4.69, 9.17) is 9.16 Å². The molecule has 2 heterocycles. The first-order chi connectivity index (χ1) is 18.8. The van der Waals surface area contributed by atoms with Gasteiger partial charge in [0, 0.05) is 17.7 Å². The zero-order valence-corrected chi connectivity index (χ0v) is 29.1. The third-order valence-corrected chi connectivity index (χ3v) is 14.1. The van der Waals surface area contributed by atoms with Crippen molar-refractivity contribution in [1.29, 1.82) is 0 Å². The molecule has 2 rings (SSSR count). The molecule has 8 heteroatoms. The molecule has 41 heavy (non-hydrogen) atoms. The molecule has 0 spiro atoms. The maximum absolute atomic E-state index is 14.0. The van der Waals surface area contributed by atoms with Crippen LogP contribution in [0.4, 0.5) is 0 Å². The molecule has 0 radical (unpaired) electrons. The lowest BCUT2D eigenvalue weighted by atomic mass is 9.73. The maximum atomic E-state index is 14.0. The molecule has 1 aliphatic heterocycles. The molecule has 1 unspecified atom stereocenters. The number of aromatic nitrogens is 1. The van der Waals surface area contributed by atoms with Crippen LogP contribution in [0.25, 0.3) is 6.08 Å². The van der Waals surface area contributed by atoms with Crippen molar-refractivity contribution in [2.45, 2.75) is 125 Å². The number of nitrogens with zero attached hydrogens (tertiary/aromatic N) is 1. The standard InChI is InChI=1S/C33H53NO5SSi/c1-21-14-13-15-22(2)30(39-41(11,12)32(6,7)8)24(4)31(37)33(9,10)28(35)19-29(36)38-27(17-16-21)23(3)18-26-20-40-25(5)34-26/h13,15-16,18,20,22,24,27-28,30,35H,14,17,19H2,1-12H3/b15-13-,21-16-,23-18+/t22-,24+,27-,28-,30?/m0/s1. The van der Waals surface area contributed by atoms with Crippen LogP contribution in [0.15, 0.2) is 34.8 Å². The van der Waals surface area contributed by atoms with E-state index in [0.29, 0.717) is 6.42 Å². The summed E-state index contributed by atoms with van der Waals surface area (Å²) in [5.41, 5.74) is 1.71. The third-order valence-electron chi connectivity index (χ3n) is 8.84. The lowest BCUT2D eigenvalue weighted by Gasteiger charge is -2.43. The fourth-order valence-electron chi connectivity index (χ4n) is 4.77. The molecule has 1 aromatic rings. The lowest BCUT2D eigenvalue weighted by molar-refractivity contribution is -0.153. The summed E-state index contributed by atoms with van der Waals surface area (Å²) < 4.78 is 12.8. The van der Waals surface area contributed by atoms with Gasteiger partial charge in [0.15, 0.2) is 8.32 Å². The number of cyclic esters (lactones) is 1. The van der Waals surface area contributed by atoms with Crippen LogP contribution >= 0.6 is 11.3 Å². The summed E-state index contributed by atoms with van der Waals surface area (Å²) in [4.78, 5) is 31.6. The fourth-order valence-corrected chi connectivity index (χ4v) is 6.79. The number of aliphatic hydroxyl groups is 1. The van der Waals surface area contributed by atoms with Gasteiger partial charge in [0.05, 0.1) is 34.7 Å². The summed E-state index contributed by atoms with van der Waals surface area (Å²) in [6, 6.07) is 0. The van der Waals surface area contributed by atoms with Crippen LogP contribution in [0.3, 0.4) is 0 Å². The molecule has 0 fully saturated rings. The van der Waals surface area contributed by atoms with Gasteiger partial charge < -0.3 is 14.3 Å². The highest BCUT2D eigenvalue weighted by Crippen LogP contribution is 2.41. The number of ether oxygens (including phenoxy) is 1. The molecule has 1 N–H and O–H groups in total. The van der Waals surface area contributed by atoms with Gasteiger partial charge in [-0.1, -0.05) is 72.3 Å². The lowest BCUT2D eigenvalue weighted by Crippen LogP contribution is -2.51. The Hall–Kier alpha value is -1.87. The van der Waals surface area contributed by atoms with E-state index in [-0.39, 0.29) is 29.3 Å². The first-order valence-corrected chi connectivity index (χ1v) is 18.6. The normalized spacial score (nSPS) is 29.9. The number of aliphatic hydroxyl groups excluding tert-OH is 1. The first-order valence-electron chi connectivity index (χ1n) is 14.8. The minimum atomic E-state index is -2.21. The summed E-state index contributed by atoms with van der Waals surface area (Å²) in [7, 11) is -2.21. The van der Waals surface area contributed by atoms with Crippen LogP contribution in [0, 0.1) is 24.2 Å². The smallest absolute Gasteiger partial charge is 0.309 e. The van der Waals surface area contributed by atoms with Crippen molar-refractivity contribution < 1.29 is 23.9 Å². The monoisotopic (exact) mass is 603 g/mol. The van der Waals surface area contributed by atoms with E-state index in [1.807, 2.05) is 32.2 Å². The molecule has 1 aromatic heterocycles. The average molecular weight is 604 g/mol. The topological polar surface area (TPSA) is 85.7 Å². The van der Waals surface area contributed by atoms with Crippen molar-refractivity contribution >= 4 is 37.5 Å². The number of esters is 1. The van der Waals surface area contributed by atoms with Gasteiger partial charge in [-0.3, -0.25) is 9.59 Å². The number of carbonyl (C=O) groups is 2. The molecule has 0 bridgehead atoms.